The van der Waals surface area contributed by atoms with Gasteiger partial charge in [-0.05, 0) is 49.4 Å². The van der Waals surface area contributed by atoms with E-state index in [2.05, 4.69) is 10.6 Å². The fraction of sp³-hybridized carbons (Fsp3) is 0.143. The first-order valence-corrected chi connectivity index (χ1v) is 9.52. The monoisotopic (exact) mass is 378 g/mol. The van der Waals surface area contributed by atoms with Gasteiger partial charge in [-0.15, -0.1) is 11.3 Å². The molecule has 0 saturated heterocycles. The fourth-order valence-electron chi connectivity index (χ4n) is 2.97. The molecule has 0 bridgehead atoms. The number of anilines is 1. The van der Waals surface area contributed by atoms with E-state index in [4.69, 9.17) is 4.74 Å². The number of benzene rings is 2. The smallest absolute Gasteiger partial charge is 0.265 e. The van der Waals surface area contributed by atoms with Crippen molar-refractivity contribution < 1.29 is 14.3 Å². The highest BCUT2D eigenvalue weighted by Gasteiger charge is 2.22. The maximum absolute atomic E-state index is 12.6. The Kier molecular flexibility index (Phi) is 4.64. The summed E-state index contributed by atoms with van der Waals surface area (Å²) in [6.07, 6.45) is 0. The molecule has 2 amide bonds. The predicted molar refractivity (Wildman–Crippen MR) is 106 cm³/mol. The maximum Gasteiger partial charge on any atom is 0.265 e. The average molecular weight is 378 g/mol. The third-order valence-corrected chi connectivity index (χ3v) is 5.50. The minimum absolute atomic E-state index is 0.125. The summed E-state index contributed by atoms with van der Waals surface area (Å²) in [4.78, 5) is 26.2. The lowest BCUT2D eigenvalue weighted by Gasteiger charge is -2.16. The number of hydrogen-bond donors (Lipinski definition) is 2. The van der Waals surface area contributed by atoms with E-state index < -0.39 is 0 Å². The van der Waals surface area contributed by atoms with Gasteiger partial charge in [0.15, 0.2) is 0 Å². The number of ether oxygens (including phenoxy) is 1. The third-order valence-electron chi connectivity index (χ3n) is 4.29. The number of carbonyl (C=O) groups is 2. The summed E-state index contributed by atoms with van der Waals surface area (Å²) in [5, 5.41) is 5.64. The van der Waals surface area contributed by atoms with Crippen LogP contribution in [-0.4, -0.2) is 18.4 Å². The first kappa shape index (κ1) is 17.3. The van der Waals surface area contributed by atoms with Crippen LogP contribution in [0.5, 0.6) is 5.75 Å². The van der Waals surface area contributed by atoms with Crippen LogP contribution in [0, 0.1) is 0 Å². The van der Waals surface area contributed by atoms with E-state index in [0.29, 0.717) is 29.3 Å². The van der Waals surface area contributed by atoms with Crippen LogP contribution in [0.25, 0.3) is 10.4 Å². The molecular weight excluding hydrogens is 360 g/mol. The third kappa shape index (κ3) is 3.44. The SMILES string of the molecule is CCNC(=O)c1ccc(NC(=O)c2cc3c(s2)-c2ccccc2OC3)cc1. The number of nitrogens with one attached hydrogen (secondary N) is 2. The fourth-order valence-corrected chi connectivity index (χ4v) is 4.06. The van der Waals surface area contributed by atoms with Crippen molar-refractivity contribution in [3.05, 3.63) is 70.6 Å². The molecule has 1 aliphatic rings. The number of fused-ring (bicyclic) bond motifs is 3. The Bertz CT molecular complexity index is 1010. The zero-order valence-electron chi connectivity index (χ0n) is 14.7. The van der Waals surface area contributed by atoms with Gasteiger partial charge in [0.2, 0.25) is 0 Å². The van der Waals surface area contributed by atoms with Crippen LogP contribution in [0.1, 0.15) is 32.5 Å². The van der Waals surface area contributed by atoms with Crippen molar-refractivity contribution in [3.63, 3.8) is 0 Å². The molecule has 2 heterocycles. The van der Waals surface area contributed by atoms with Gasteiger partial charge < -0.3 is 15.4 Å². The molecule has 27 heavy (non-hydrogen) atoms. The summed E-state index contributed by atoms with van der Waals surface area (Å²) in [5.74, 6) is 0.553. The molecule has 1 aromatic heterocycles. The Morgan fingerprint density at radius 2 is 1.85 bits per heavy atom. The van der Waals surface area contributed by atoms with Crippen LogP contribution < -0.4 is 15.4 Å². The molecule has 0 saturated carbocycles. The summed E-state index contributed by atoms with van der Waals surface area (Å²) in [5.41, 5.74) is 3.26. The summed E-state index contributed by atoms with van der Waals surface area (Å²) < 4.78 is 5.75. The van der Waals surface area contributed by atoms with E-state index in [1.54, 1.807) is 24.3 Å². The lowest BCUT2D eigenvalue weighted by atomic mass is 10.1. The number of rotatable bonds is 4. The maximum atomic E-state index is 12.6. The lowest BCUT2D eigenvalue weighted by molar-refractivity contribution is 0.0955. The molecule has 0 aliphatic carbocycles. The highest BCUT2D eigenvalue weighted by atomic mass is 32.1. The minimum atomic E-state index is -0.169. The predicted octanol–water partition coefficient (Wildman–Crippen LogP) is 4.31. The summed E-state index contributed by atoms with van der Waals surface area (Å²) in [6, 6.07) is 16.6. The van der Waals surface area contributed by atoms with Crippen molar-refractivity contribution in [1.29, 1.82) is 0 Å². The van der Waals surface area contributed by atoms with Gasteiger partial charge in [-0.1, -0.05) is 12.1 Å². The van der Waals surface area contributed by atoms with Gasteiger partial charge in [0.25, 0.3) is 11.8 Å². The quantitative estimate of drug-likeness (QED) is 0.711. The van der Waals surface area contributed by atoms with Gasteiger partial charge >= 0.3 is 0 Å². The van der Waals surface area contributed by atoms with Crippen LogP contribution in [0.2, 0.25) is 0 Å². The molecule has 2 N–H and O–H groups in total. The van der Waals surface area contributed by atoms with Gasteiger partial charge in [-0.2, -0.15) is 0 Å². The number of carbonyl (C=O) groups excluding carboxylic acids is 2. The lowest BCUT2D eigenvalue weighted by Crippen LogP contribution is -2.22. The van der Waals surface area contributed by atoms with Crippen molar-refractivity contribution in [2.24, 2.45) is 0 Å². The van der Waals surface area contributed by atoms with Crippen LogP contribution in [0.15, 0.2) is 54.6 Å². The van der Waals surface area contributed by atoms with E-state index in [0.717, 1.165) is 21.8 Å². The first-order valence-electron chi connectivity index (χ1n) is 8.70. The number of para-hydroxylation sites is 1. The molecule has 4 rings (SSSR count). The molecule has 5 nitrogen and oxygen atoms in total. The van der Waals surface area contributed by atoms with Crippen molar-refractivity contribution in [3.8, 4) is 16.2 Å². The summed E-state index contributed by atoms with van der Waals surface area (Å²) in [6.45, 7) is 2.92. The molecular formula is C21H18N2O3S. The summed E-state index contributed by atoms with van der Waals surface area (Å²) in [7, 11) is 0. The van der Waals surface area contributed by atoms with Crippen molar-refractivity contribution in [2.45, 2.75) is 13.5 Å². The van der Waals surface area contributed by atoms with Crippen LogP contribution in [-0.2, 0) is 6.61 Å². The topological polar surface area (TPSA) is 67.4 Å². The van der Waals surface area contributed by atoms with Crippen LogP contribution >= 0.6 is 11.3 Å². The van der Waals surface area contributed by atoms with Crippen molar-refractivity contribution >= 4 is 28.8 Å². The Morgan fingerprint density at radius 1 is 1.07 bits per heavy atom. The second kappa shape index (κ2) is 7.25. The van der Waals surface area contributed by atoms with Crippen molar-refractivity contribution in [1.82, 2.24) is 5.32 Å². The van der Waals surface area contributed by atoms with E-state index in [9.17, 15) is 9.59 Å². The molecule has 6 heteroatoms. The highest BCUT2D eigenvalue weighted by molar-refractivity contribution is 7.17. The molecule has 1 aliphatic heterocycles. The number of thiophene rings is 1. The Balaban J connectivity index is 1.52. The van der Waals surface area contributed by atoms with Gasteiger partial charge in [-0.3, -0.25) is 9.59 Å². The summed E-state index contributed by atoms with van der Waals surface area (Å²) >= 11 is 1.46. The van der Waals surface area contributed by atoms with E-state index in [1.165, 1.54) is 11.3 Å². The average Bonchev–Trinajstić information content (AvgIpc) is 3.14. The molecule has 0 spiro atoms. The Hall–Kier alpha value is -3.12. The second-order valence-corrected chi connectivity index (χ2v) is 7.19. The largest absolute Gasteiger partial charge is 0.488 e. The molecule has 0 radical (unpaired) electrons. The van der Waals surface area contributed by atoms with E-state index in [1.807, 2.05) is 37.3 Å². The van der Waals surface area contributed by atoms with E-state index >= 15 is 0 Å². The van der Waals surface area contributed by atoms with Gasteiger partial charge in [0.05, 0.1) is 4.88 Å². The minimum Gasteiger partial charge on any atom is -0.488 e. The zero-order valence-corrected chi connectivity index (χ0v) is 15.6. The molecule has 136 valence electrons. The molecule has 2 aromatic carbocycles. The standard InChI is InChI=1S/C21H18N2O3S/c1-2-22-20(24)13-7-9-15(10-8-13)23-21(25)18-11-14-12-26-17-6-4-3-5-16(17)19(14)27-18/h3-11H,2,12H2,1H3,(H,22,24)(H,23,25). The second-order valence-electron chi connectivity index (χ2n) is 6.14. The van der Waals surface area contributed by atoms with Crippen molar-refractivity contribution in [2.75, 3.05) is 11.9 Å². The van der Waals surface area contributed by atoms with Crippen LogP contribution in [0.3, 0.4) is 0 Å². The Morgan fingerprint density at radius 3 is 2.63 bits per heavy atom. The molecule has 3 aromatic rings. The number of hydrogen-bond acceptors (Lipinski definition) is 4. The van der Waals surface area contributed by atoms with Crippen LogP contribution in [0.4, 0.5) is 5.69 Å². The Labute approximate surface area is 161 Å². The number of amides is 2. The molecule has 0 unspecified atom stereocenters. The molecule has 0 fully saturated rings. The van der Waals surface area contributed by atoms with E-state index in [-0.39, 0.29) is 11.8 Å². The molecule has 0 atom stereocenters. The zero-order chi connectivity index (χ0) is 18.8. The first-order chi connectivity index (χ1) is 13.2. The normalized spacial score (nSPS) is 11.7. The highest BCUT2D eigenvalue weighted by Crippen LogP contribution is 2.42. The van der Waals surface area contributed by atoms with Gasteiger partial charge in [0, 0.05) is 33.8 Å². The van der Waals surface area contributed by atoms with Gasteiger partial charge in [-0.25, -0.2) is 0 Å². The van der Waals surface area contributed by atoms with Gasteiger partial charge in [0.1, 0.15) is 12.4 Å².